The lowest BCUT2D eigenvalue weighted by Crippen LogP contribution is -2.42. The summed E-state index contributed by atoms with van der Waals surface area (Å²) in [5.41, 5.74) is 4.79. The summed E-state index contributed by atoms with van der Waals surface area (Å²) in [5.74, 6) is -0.0611. The molecular weight excluding hydrogens is 342 g/mol. The first-order valence-corrected chi connectivity index (χ1v) is 7.48. The minimum Gasteiger partial charge on any atom is -0.485 e. The van der Waals surface area contributed by atoms with Crippen LogP contribution >= 0.6 is 0 Å². The number of hydrogen-bond acceptors (Lipinski definition) is 8. The van der Waals surface area contributed by atoms with Crippen molar-refractivity contribution in [2.75, 3.05) is 12.3 Å². The minimum absolute atomic E-state index is 0.196. The van der Waals surface area contributed by atoms with Crippen molar-refractivity contribution in [3.8, 4) is 17.2 Å². The van der Waals surface area contributed by atoms with E-state index in [-0.39, 0.29) is 11.4 Å². The molecule has 0 saturated heterocycles. The van der Waals surface area contributed by atoms with E-state index in [4.69, 9.17) is 14.9 Å². The zero-order valence-corrected chi connectivity index (χ0v) is 14.0. The number of aromatic nitrogens is 4. The molecule has 0 atom stereocenters. The molecule has 10 nitrogen and oxygen atoms in total. The number of ether oxygens (including phenoxy) is 1. The number of carbonyl (C=O) groups excluding carboxylic acids is 1. The van der Waals surface area contributed by atoms with Gasteiger partial charge in [0.25, 0.3) is 5.56 Å². The normalized spacial score (nSPS) is 10.7. The highest BCUT2D eigenvalue weighted by atomic mass is 16.5. The summed E-state index contributed by atoms with van der Waals surface area (Å²) in [5, 5.41) is 7.37. The third-order valence-electron chi connectivity index (χ3n) is 3.82. The molecule has 1 aromatic carbocycles. The molecule has 2 heterocycles. The lowest BCUT2D eigenvalue weighted by atomic mass is 10.2. The fourth-order valence-electron chi connectivity index (χ4n) is 2.34. The van der Waals surface area contributed by atoms with Crippen LogP contribution in [0.15, 0.2) is 44.7 Å². The number of Topliss-reactive ketones (excluding diaryl/α,β-unsaturated/α-hetero) is 1. The Hall–Kier alpha value is -3.69. The van der Waals surface area contributed by atoms with Crippen molar-refractivity contribution in [1.29, 1.82) is 0 Å². The maximum atomic E-state index is 12.4. The van der Waals surface area contributed by atoms with Crippen molar-refractivity contribution in [2.24, 2.45) is 14.1 Å². The molecule has 2 aromatic heterocycles. The maximum Gasteiger partial charge on any atom is 0.332 e. The van der Waals surface area contributed by atoms with Crippen LogP contribution in [0.25, 0.3) is 11.5 Å². The Morgan fingerprint density at radius 2 is 1.88 bits per heavy atom. The second-order valence-electron chi connectivity index (χ2n) is 5.45. The van der Waals surface area contributed by atoms with E-state index in [9.17, 15) is 14.4 Å². The molecule has 3 rings (SSSR count). The average Bonchev–Trinajstić information content (AvgIpc) is 3.18. The van der Waals surface area contributed by atoms with Gasteiger partial charge in [0.2, 0.25) is 18.1 Å². The summed E-state index contributed by atoms with van der Waals surface area (Å²) in [6.45, 7) is -0.405. The van der Waals surface area contributed by atoms with Gasteiger partial charge in [0.1, 0.15) is 17.1 Å². The van der Waals surface area contributed by atoms with Gasteiger partial charge in [-0.25, -0.2) is 4.79 Å². The molecular formula is C16H15N5O5. The van der Waals surface area contributed by atoms with Crippen LogP contribution in [0.5, 0.6) is 5.75 Å². The Morgan fingerprint density at radius 1 is 1.19 bits per heavy atom. The molecule has 0 aliphatic carbocycles. The van der Waals surface area contributed by atoms with Gasteiger partial charge in [0, 0.05) is 19.7 Å². The van der Waals surface area contributed by atoms with Gasteiger partial charge < -0.3 is 14.9 Å². The minimum atomic E-state index is -0.758. The first-order valence-electron chi connectivity index (χ1n) is 7.48. The highest BCUT2D eigenvalue weighted by Crippen LogP contribution is 2.20. The summed E-state index contributed by atoms with van der Waals surface area (Å²) >= 11 is 0. The molecule has 0 aliphatic heterocycles. The van der Waals surface area contributed by atoms with E-state index >= 15 is 0 Å². The van der Waals surface area contributed by atoms with Crippen molar-refractivity contribution < 1.29 is 13.9 Å². The van der Waals surface area contributed by atoms with Crippen LogP contribution in [0.2, 0.25) is 0 Å². The number of benzene rings is 1. The van der Waals surface area contributed by atoms with Gasteiger partial charge in [-0.05, 0) is 24.3 Å². The molecule has 0 spiro atoms. The van der Waals surface area contributed by atoms with Gasteiger partial charge in [-0.1, -0.05) is 0 Å². The van der Waals surface area contributed by atoms with Crippen LogP contribution < -0.4 is 21.7 Å². The summed E-state index contributed by atoms with van der Waals surface area (Å²) < 4.78 is 12.3. The van der Waals surface area contributed by atoms with Crippen molar-refractivity contribution in [3.63, 3.8) is 0 Å². The van der Waals surface area contributed by atoms with Gasteiger partial charge in [0.15, 0.2) is 6.61 Å². The Balaban J connectivity index is 1.78. The average molecular weight is 357 g/mol. The highest BCUT2D eigenvalue weighted by molar-refractivity contribution is 6.00. The van der Waals surface area contributed by atoms with Gasteiger partial charge in [-0.2, -0.15) is 0 Å². The number of nitrogens with two attached hydrogens (primary N) is 1. The molecule has 0 radical (unpaired) electrons. The van der Waals surface area contributed by atoms with Crippen molar-refractivity contribution in [3.05, 3.63) is 57.1 Å². The standard InChI is InChI=1S/C16H15N5O5/c1-20-13(17)12(15(23)21(2)16(20)24)11(22)7-25-10-5-3-9(4-6-10)14-19-18-8-26-14/h3-6,8H,7,17H2,1-2H3. The Morgan fingerprint density at radius 3 is 2.50 bits per heavy atom. The molecule has 134 valence electrons. The van der Waals surface area contributed by atoms with Crippen LogP contribution in [0.4, 0.5) is 5.82 Å². The van der Waals surface area contributed by atoms with E-state index < -0.39 is 23.6 Å². The monoisotopic (exact) mass is 357 g/mol. The van der Waals surface area contributed by atoms with Crippen molar-refractivity contribution in [1.82, 2.24) is 19.3 Å². The maximum absolute atomic E-state index is 12.4. The van der Waals surface area contributed by atoms with E-state index in [1.54, 1.807) is 24.3 Å². The van der Waals surface area contributed by atoms with Crippen LogP contribution in [0, 0.1) is 0 Å². The van der Waals surface area contributed by atoms with Crippen LogP contribution in [0.1, 0.15) is 10.4 Å². The van der Waals surface area contributed by atoms with Crippen LogP contribution in [-0.4, -0.2) is 31.7 Å². The number of anilines is 1. The number of nitrogens with zero attached hydrogens (tertiary/aromatic N) is 4. The van der Waals surface area contributed by atoms with E-state index in [0.29, 0.717) is 17.2 Å². The molecule has 2 N–H and O–H groups in total. The molecule has 3 aromatic rings. The molecule has 0 amide bonds. The van der Waals surface area contributed by atoms with E-state index in [1.807, 2.05) is 0 Å². The predicted molar refractivity (Wildman–Crippen MR) is 90.9 cm³/mol. The molecule has 0 unspecified atom stereocenters. The molecule has 10 heteroatoms. The first-order chi connectivity index (χ1) is 12.4. The third kappa shape index (κ3) is 2.99. The first kappa shape index (κ1) is 17.1. The Labute approximate surface area is 146 Å². The molecule has 26 heavy (non-hydrogen) atoms. The summed E-state index contributed by atoms with van der Waals surface area (Å²) in [4.78, 5) is 36.3. The fourth-order valence-corrected chi connectivity index (χ4v) is 2.34. The lowest BCUT2D eigenvalue weighted by Gasteiger charge is -2.11. The molecule has 0 bridgehead atoms. The summed E-state index contributed by atoms with van der Waals surface area (Å²) in [7, 11) is 2.66. The number of nitrogen functional groups attached to an aromatic ring is 1. The second-order valence-corrected chi connectivity index (χ2v) is 5.45. The zero-order valence-electron chi connectivity index (χ0n) is 14.0. The number of rotatable bonds is 5. The third-order valence-corrected chi connectivity index (χ3v) is 3.82. The molecule has 0 fully saturated rings. The van der Waals surface area contributed by atoms with Gasteiger partial charge in [-0.15, -0.1) is 10.2 Å². The van der Waals surface area contributed by atoms with Gasteiger partial charge in [-0.3, -0.25) is 18.7 Å². The summed E-state index contributed by atoms with van der Waals surface area (Å²) in [6.07, 6.45) is 1.22. The van der Waals surface area contributed by atoms with Gasteiger partial charge >= 0.3 is 5.69 Å². The van der Waals surface area contributed by atoms with Crippen LogP contribution in [0.3, 0.4) is 0 Å². The lowest BCUT2D eigenvalue weighted by molar-refractivity contribution is 0.0919. The smallest absolute Gasteiger partial charge is 0.332 e. The SMILES string of the molecule is Cn1c(N)c(C(=O)COc2ccc(-c3nnco3)cc2)c(=O)n(C)c1=O. The quantitative estimate of drug-likeness (QED) is 0.629. The van der Waals surface area contributed by atoms with Crippen molar-refractivity contribution >= 4 is 11.6 Å². The Kier molecular flexibility index (Phi) is 4.40. The predicted octanol–water partition coefficient (Wildman–Crippen LogP) is -0.0221. The largest absolute Gasteiger partial charge is 0.485 e. The van der Waals surface area contributed by atoms with E-state index in [0.717, 1.165) is 9.13 Å². The van der Waals surface area contributed by atoms with Crippen LogP contribution in [-0.2, 0) is 14.1 Å². The van der Waals surface area contributed by atoms with E-state index in [2.05, 4.69) is 10.2 Å². The number of carbonyl (C=O) groups is 1. The molecule has 0 saturated carbocycles. The van der Waals surface area contributed by atoms with Crippen molar-refractivity contribution in [2.45, 2.75) is 0 Å². The topological polar surface area (TPSA) is 135 Å². The van der Waals surface area contributed by atoms with E-state index in [1.165, 1.54) is 20.5 Å². The Bertz CT molecular complexity index is 1060. The zero-order chi connectivity index (χ0) is 18.8. The number of ketones is 1. The highest BCUT2D eigenvalue weighted by Gasteiger charge is 2.20. The number of hydrogen-bond donors (Lipinski definition) is 1. The second kappa shape index (κ2) is 6.67. The molecule has 0 aliphatic rings. The van der Waals surface area contributed by atoms with Gasteiger partial charge in [0.05, 0.1) is 0 Å². The fraction of sp³-hybridized carbons (Fsp3) is 0.188. The summed E-state index contributed by atoms with van der Waals surface area (Å²) in [6, 6.07) is 6.61.